The molecule has 0 saturated heterocycles. The van der Waals surface area contributed by atoms with Gasteiger partial charge in [0.05, 0.1) is 0 Å². The first-order valence-electron chi connectivity index (χ1n) is 12.4. The van der Waals surface area contributed by atoms with Crippen LogP contribution in [0.15, 0.2) is 0 Å². The molecule has 0 nitrogen and oxygen atoms in total. The lowest BCUT2D eigenvalue weighted by molar-refractivity contribution is 0.0375. The van der Waals surface area contributed by atoms with Crippen molar-refractivity contribution in [2.45, 2.75) is 116 Å². The topological polar surface area (TPSA) is 0 Å². The van der Waals surface area contributed by atoms with E-state index in [2.05, 4.69) is 13.8 Å². The predicted octanol–water partition coefficient (Wildman–Crippen LogP) is 8.12. The largest absolute Gasteiger partial charge is 0.247 e. The van der Waals surface area contributed by atoms with E-state index < -0.39 is 6.17 Å². The van der Waals surface area contributed by atoms with E-state index in [1.807, 2.05) is 5.92 Å². The summed E-state index contributed by atoms with van der Waals surface area (Å²) < 4.78 is 15.2. The maximum absolute atomic E-state index is 15.2. The molecule has 4 rings (SSSR count). The highest BCUT2D eigenvalue weighted by molar-refractivity contribution is 5.02. The van der Waals surface area contributed by atoms with Crippen molar-refractivity contribution in [3.8, 4) is 0 Å². The third-order valence-corrected chi connectivity index (χ3v) is 9.28. The van der Waals surface area contributed by atoms with Crippen LogP contribution in [-0.2, 0) is 0 Å². The van der Waals surface area contributed by atoms with E-state index in [4.69, 9.17) is 0 Å². The van der Waals surface area contributed by atoms with Crippen LogP contribution in [0.3, 0.4) is 0 Å². The smallest absolute Gasteiger partial charge is 0.103 e. The second-order valence-corrected chi connectivity index (χ2v) is 11.0. The molecular weight excluding hydrogens is 331 g/mol. The highest BCUT2D eigenvalue weighted by Crippen LogP contribution is 2.49. The highest BCUT2D eigenvalue weighted by atomic mass is 19.1. The Bertz CT molecular complexity index is 435. The maximum Gasteiger partial charge on any atom is 0.103 e. The van der Waals surface area contributed by atoms with Gasteiger partial charge in [-0.15, -0.1) is 0 Å². The maximum atomic E-state index is 15.2. The lowest BCUT2D eigenvalue weighted by Crippen LogP contribution is -2.37. The minimum Gasteiger partial charge on any atom is -0.247 e. The summed E-state index contributed by atoms with van der Waals surface area (Å²) in [7, 11) is 0. The molecule has 0 N–H and O–H groups in total. The summed E-state index contributed by atoms with van der Waals surface area (Å²) in [5.41, 5.74) is 0. The number of halogens is 1. The first-order chi connectivity index (χ1) is 13.1. The standard InChI is InChI=1S/C26H43F/c1-18-3-7-20(8-4-18)21-11-13-23(14-12-21)25-16-15-24(17-26(25)27)22-9-5-19(2)6-10-22/h18,21-26H,3-17H2,1-2H3. The summed E-state index contributed by atoms with van der Waals surface area (Å²) in [5.74, 6) is 8.02. The van der Waals surface area contributed by atoms with Gasteiger partial charge in [0.1, 0.15) is 6.17 Å². The van der Waals surface area contributed by atoms with Crippen LogP contribution in [0.2, 0.25) is 0 Å². The second kappa shape index (κ2) is 9.17. The molecule has 0 aromatic carbocycles. The number of hydrogen-bond acceptors (Lipinski definition) is 0. The normalized spacial score (nSPS) is 41.7. The van der Waals surface area contributed by atoms with Crippen molar-refractivity contribution in [3.63, 3.8) is 0 Å². The molecule has 4 aliphatic rings. The summed E-state index contributed by atoms with van der Waals surface area (Å²) in [5, 5.41) is 0. The molecular formula is C26H43F. The van der Waals surface area contributed by atoms with Gasteiger partial charge in [-0.3, -0.25) is 0 Å². The SMILES string of the molecule is C[C]1CCC(C2CCC(C3CCC([C]4CCC(C)CC4)CC3)C(F)C2)CC1. The molecule has 0 aromatic heterocycles. The van der Waals surface area contributed by atoms with Crippen LogP contribution in [0.5, 0.6) is 0 Å². The van der Waals surface area contributed by atoms with Crippen molar-refractivity contribution in [1.82, 2.24) is 0 Å². The summed E-state index contributed by atoms with van der Waals surface area (Å²) >= 11 is 0. The fourth-order valence-electron chi connectivity index (χ4n) is 7.23. The average molecular weight is 375 g/mol. The number of rotatable bonds is 3. The highest BCUT2D eigenvalue weighted by Gasteiger charge is 2.40. The van der Waals surface area contributed by atoms with E-state index in [-0.39, 0.29) is 0 Å². The van der Waals surface area contributed by atoms with Gasteiger partial charge < -0.3 is 0 Å². The van der Waals surface area contributed by atoms with Gasteiger partial charge >= 0.3 is 0 Å². The van der Waals surface area contributed by atoms with Gasteiger partial charge in [0, 0.05) is 0 Å². The van der Waals surface area contributed by atoms with Crippen molar-refractivity contribution in [1.29, 1.82) is 0 Å². The molecule has 3 atom stereocenters. The molecule has 0 heterocycles. The zero-order valence-electron chi connectivity index (χ0n) is 18.0. The predicted molar refractivity (Wildman–Crippen MR) is 113 cm³/mol. The van der Waals surface area contributed by atoms with Gasteiger partial charge in [-0.25, -0.2) is 4.39 Å². The van der Waals surface area contributed by atoms with Gasteiger partial charge in [-0.05, 0) is 131 Å². The lowest BCUT2D eigenvalue weighted by Gasteiger charge is -2.44. The molecule has 4 saturated carbocycles. The van der Waals surface area contributed by atoms with Crippen LogP contribution in [0.25, 0.3) is 0 Å². The van der Waals surface area contributed by atoms with Crippen LogP contribution in [0.1, 0.15) is 110 Å². The van der Waals surface area contributed by atoms with Crippen LogP contribution in [0, 0.1) is 47.3 Å². The zero-order chi connectivity index (χ0) is 18.8. The molecule has 1 heteroatoms. The number of hydrogen-bond donors (Lipinski definition) is 0. The Kier molecular flexibility index (Phi) is 6.86. The van der Waals surface area contributed by atoms with Gasteiger partial charge in [-0.1, -0.05) is 26.7 Å². The average Bonchev–Trinajstić information content (AvgIpc) is 2.69. The van der Waals surface area contributed by atoms with Crippen LogP contribution in [0.4, 0.5) is 4.39 Å². The van der Waals surface area contributed by atoms with Crippen LogP contribution in [-0.4, -0.2) is 6.17 Å². The monoisotopic (exact) mass is 374 g/mol. The van der Waals surface area contributed by atoms with Gasteiger partial charge in [0.2, 0.25) is 0 Å². The van der Waals surface area contributed by atoms with Crippen molar-refractivity contribution in [2.24, 2.45) is 35.5 Å². The van der Waals surface area contributed by atoms with Crippen molar-refractivity contribution in [3.05, 3.63) is 11.8 Å². The first kappa shape index (κ1) is 20.2. The van der Waals surface area contributed by atoms with Crippen LogP contribution >= 0.6 is 0 Å². The molecule has 0 spiro atoms. The van der Waals surface area contributed by atoms with Gasteiger partial charge in [-0.2, -0.15) is 0 Å². The Morgan fingerprint density at radius 1 is 0.667 bits per heavy atom. The van der Waals surface area contributed by atoms with E-state index in [0.29, 0.717) is 17.8 Å². The molecule has 3 unspecified atom stereocenters. The van der Waals surface area contributed by atoms with Crippen molar-refractivity contribution >= 4 is 0 Å². The number of alkyl halides is 1. The Hall–Kier alpha value is -0.0700. The molecule has 2 radical (unpaired) electrons. The Morgan fingerprint density at radius 3 is 1.93 bits per heavy atom. The Morgan fingerprint density at radius 2 is 1.30 bits per heavy atom. The summed E-state index contributed by atoms with van der Waals surface area (Å²) in [6.07, 6.45) is 19.2. The van der Waals surface area contributed by atoms with Gasteiger partial charge in [0.25, 0.3) is 0 Å². The first-order valence-corrected chi connectivity index (χ1v) is 12.4. The Balaban J connectivity index is 1.22. The minimum absolute atomic E-state index is 0.399. The van der Waals surface area contributed by atoms with Crippen molar-refractivity contribution in [2.75, 3.05) is 0 Å². The molecule has 0 aromatic rings. The van der Waals surface area contributed by atoms with E-state index in [0.717, 1.165) is 24.2 Å². The third kappa shape index (κ3) is 4.92. The third-order valence-electron chi connectivity index (χ3n) is 9.28. The summed E-state index contributed by atoms with van der Waals surface area (Å²) in [6, 6.07) is 0. The molecule has 27 heavy (non-hydrogen) atoms. The van der Waals surface area contributed by atoms with E-state index in [1.165, 1.54) is 89.9 Å². The summed E-state index contributed by atoms with van der Waals surface area (Å²) in [4.78, 5) is 0. The fourth-order valence-corrected chi connectivity index (χ4v) is 7.23. The lowest BCUT2D eigenvalue weighted by atomic mass is 9.62. The van der Waals surface area contributed by atoms with Crippen molar-refractivity contribution < 1.29 is 4.39 Å². The molecule has 0 amide bonds. The molecule has 0 bridgehead atoms. The van der Waals surface area contributed by atoms with E-state index >= 15 is 4.39 Å². The zero-order valence-corrected chi connectivity index (χ0v) is 18.0. The molecule has 4 fully saturated rings. The van der Waals surface area contributed by atoms with E-state index in [1.54, 1.807) is 5.92 Å². The van der Waals surface area contributed by atoms with Gasteiger partial charge in [0.15, 0.2) is 0 Å². The van der Waals surface area contributed by atoms with Crippen LogP contribution < -0.4 is 0 Å². The quantitative estimate of drug-likeness (QED) is 0.468. The minimum atomic E-state index is -0.500. The Labute approximate surface area is 168 Å². The fraction of sp³-hybridized carbons (Fsp3) is 0.923. The van der Waals surface area contributed by atoms with E-state index in [9.17, 15) is 0 Å². The molecule has 4 aliphatic carbocycles. The second-order valence-electron chi connectivity index (χ2n) is 11.0. The molecule has 154 valence electrons. The molecule has 0 aliphatic heterocycles. The summed E-state index contributed by atoms with van der Waals surface area (Å²) in [6.45, 7) is 4.73.